The Hall–Kier alpha value is -1.09. The third-order valence-corrected chi connectivity index (χ3v) is 1.72. The summed E-state index contributed by atoms with van der Waals surface area (Å²) >= 11 is 5.66. The van der Waals surface area contributed by atoms with Gasteiger partial charge in [0.25, 0.3) is 0 Å². The Morgan fingerprint density at radius 2 is 2.08 bits per heavy atom. The zero-order valence-electron chi connectivity index (χ0n) is 7.93. The molecule has 0 aliphatic rings. The summed E-state index contributed by atoms with van der Waals surface area (Å²) in [6.45, 7) is 5.96. The van der Waals surface area contributed by atoms with Gasteiger partial charge in [0.2, 0.25) is 0 Å². The van der Waals surface area contributed by atoms with Crippen molar-refractivity contribution in [3.63, 3.8) is 0 Å². The van der Waals surface area contributed by atoms with Crippen molar-refractivity contribution in [2.75, 3.05) is 0 Å². The molecule has 4 heteroatoms. The van der Waals surface area contributed by atoms with Gasteiger partial charge in [0, 0.05) is 6.20 Å². The largest absolute Gasteiger partial charge is 0.345 e. The van der Waals surface area contributed by atoms with Crippen LogP contribution in [0.3, 0.4) is 0 Å². The van der Waals surface area contributed by atoms with Gasteiger partial charge in [0.1, 0.15) is 10.7 Å². The standard InChI is InChI=1S/C7H6ClN3.C2H6/c1-4-2-9-7-6(4)11-5(8)3-10-7;1-2/h2-3H,1H3,(H,9,10);1-2H3. The van der Waals surface area contributed by atoms with E-state index in [0.717, 1.165) is 16.7 Å². The number of aryl methyl sites for hydroxylation is 1. The van der Waals surface area contributed by atoms with Crippen LogP contribution in [0, 0.1) is 6.92 Å². The summed E-state index contributed by atoms with van der Waals surface area (Å²) in [5.74, 6) is 0. The van der Waals surface area contributed by atoms with Crippen molar-refractivity contribution in [3.8, 4) is 0 Å². The predicted octanol–water partition coefficient (Wildman–Crippen LogP) is 2.95. The van der Waals surface area contributed by atoms with Crippen molar-refractivity contribution in [1.29, 1.82) is 0 Å². The highest BCUT2D eigenvalue weighted by atomic mass is 35.5. The normalized spacial score (nSPS) is 9.54. The van der Waals surface area contributed by atoms with E-state index in [0.29, 0.717) is 5.15 Å². The second-order valence-corrected chi connectivity index (χ2v) is 2.75. The van der Waals surface area contributed by atoms with E-state index < -0.39 is 0 Å². The molecule has 70 valence electrons. The predicted molar refractivity (Wildman–Crippen MR) is 55.0 cm³/mol. The quantitative estimate of drug-likeness (QED) is 0.706. The summed E-state index contributed by atoms with van der Waals surface area (Å²) in [6, 6.07) is 0. The van der Waals surface area contributed by atoms with Gasteiger partial charge in [0.15, 0.2) is 5.65 Å². The van der Waals surface area contributed by atoms with Crippen molar-refractivity contribution >= 4 is 22.8 Å². The van der Waals surface area contributed by atoms with Crippen LogP contribution in [0.15, 0.2) is 12.4 Å². The first-order valence-corrected chi connectivity index (χ1v) is 4.61. The summed E-state index contributed by atoms with van der Waals surface area (Å²) in [6.07, 6.45) is 3.39. The lowest BCUT2D eigenvalue weighted by atomic mass is 10.3. The smallest absolute Gasteiger partial charge is 0.156 e. The minimum absolute atomic E-state index is 0.431. The molecule has 2 aromatic rings. The van der Waals surface area contributed by atoms with Crippen molar-refractivity contribution in [3.05, 3.63) is 23.1 Å². The van der Waals surface area contributed by atoms with Gasteiger partial charge >= 0.3 is 0 Å². The molecule has 13 heavy (non-hydrogen) atoms. The fraction of sp³-hybridized carbons (Fsp3) is 0.333. The molecule has 0 radical (unpaired) electrons. The lowest BCUT2D eigenvalue weighted by molar-refractivity contribution is 1.26. The van der Waals surface area contributed by atoms with Crippen molar-refractivity contribution < 1.29 is 0 Å². The Bertz CT molecular complexity index is 395. The Kier molecular flexibility index (Phi) is 3.25. The summed E-state index contributed by atoms with van der Waals surface area (Å²) < 4.78 is 0. The van der Waals surface area contributed by atoms with Crippen LogP contribution in [0.1, 0.15) is 19.4 Å². The summed E-state index contributed by atoms with van der Waals surface area (Å²) in [5, 5.41) is 0.431. The number of hydrogen-bond donors (Lipinski definition) is 1. The van der Waals surface area contributed by atoms with Crippen LogP contribution in [-0.2, 0) is 0 Å². The third-order valence-electron chi connectivity index (χ3n) is 1.54. The molecular weight excluding hydrogens is 186 g/mol. The Labute approximate surface area is 82.2 Å². The molecule has 0 aliphatic carbocycles. The van der Waals surface area contributed by atoms with Crippen LogP contribution in [-0.4, -0.2) is 15.0 Å². The van der Waals surface area contributed by atoms with E-state index in [9.17, 15) is 0 Å². The Morgan fingerprint density at radius 3 is 2.77 bits per heavy atom. The second kappa shape index (κ2) is 4.23. The van der Waals surface area contributed by atoms with Gasteiger partial charge in [-0.05, 0) is 12.5 Å². The number of fused-ring (bicyclic) bond motifs is 1. The number of nitrogens with zero attached hydrogens (tertiary/aromatic N) is 2. The summed E-state index contributed by atoms with van der Waals surface area (Å²) in [5.41, 5.74) is 2.69. The van der Waals surface area contributed by atoms with Gasteiger partial charge in [-0.1, -0.05) is 25.4 Å². The summed E-state index contributed by atoms with van der Waals surface area (Å²) in [7, 11) is 0. The molecule has 0 bridgehead atoms. The lowest BCUT2D eigenvalue weighted by Gasteiger charge is -1.89. The maximum atomic E-state index is 5.66. The Balaban J connectivity index is 0.000000396. The van der Waals surface area contributed by atoms with Gasteiger partial charge in [-0.15, -0.1) is 0 Å². The molecule has 1 N–H and O–H groups in total. The molecule has 0 amide bonds. The lowest BCUT2D eigenvalue weighted by Crippen LogP contribution is -1.81. The number of halogens is 1. The zero-order valence-corrected chi connectivity index (χ0v) is 8.68. The third kappa shape index (κ3) is 1.98. The van der Waals surface area contributed by atoms with Crippen LogP contribution < -0.4 is 0 Å². The van der Waals surface area contributed by atoms with E-state index in [-0.39, 0.29) is 0 Å². The minimum Gasteiger partial charge on any atom is -0.345 e. The molecule has 3 nitrogen and oxygen atoms in total. The van der Waals surface area contributed by atoms with Crippen molar-refractivity contribution in [2.45, 2.75) is 20.8 Å². The van der Waals surface area contributed by atoms with Gasteiger partial charge in [-0.2, -0.15) is 0 Å². The van der Waals surface area contributed by atoms with Crippen molar-refractivity contribution in [1.82, 2.24) is 15.0 Å². The number of nitrogens with one attached hydrogen (secondary N) is 1. The first-order chi connectivity index (χ1) is 6.27. The molecule has 0 aliphatic heterocycles. The van der Waals surface area contributed by atoms with Gasteiger partial charge in [0.05, 0.1) is 6.20 Å². The first-order valence-electron chi connectivity index (χ1n) is 4.23. The van der Waals surface area contributed by atoms with Crippen LogP contribution >= 0.6 is 11.6 Å². The molecule has 0 unspecified atom stereocenters. The number of aromatic nitrogens is 3. The molecule has 2 rings (SSSR count). The molecule has 0 saturated heterocycles. The van der Waals surface area contributed by atoms with E-state index >= 15 is 0 Å². The highest BCUT2D eigenvalue weighted by molar-refractivity contribution is 6.29. The van der Waals surface area contributed by atoms with E-state index in [4.69, 9.17) is 11.6 Å². The van der Waals surface area contributed by atoms with E-state index in [1.54, 1.807) is 0 Å². The molecule has 0 atom stereocenters. The highest BCUT2D eigenvalue weighted by Gasteiger charge is 2.01. The molecule has 2 aromatic heterocycles. The molecule has 0 fully saturated rings. The van der Waals surface area contributed by atoms with Gasteiger partial charge in [-0.25, -0.2) is 9.97 Å². The van der Waals surface area contributed by atoms with E-state index in [2.05, 4.69) is 15.0 Å². The van der Waals surface area contributed by atoms with Crippen LogP contribution in [0.2, 0.25) is 5.15 Å². The second-order valence-electron chi connectivity index (χ2n) is 2.36. The number of rotatable bonds is 0. The zero-order chi connectivity index (χ0) is 9.84. The average molecular weight is 198 g/mol. The summed E-state index contributed by atoms with van der Waals surface area (Å²) in [4.78, 5) is 11.1. The number of hydrogen-bond acceptors (Lipinski definition) is 2. The molecular formula is C9H12ClN3. The van der Waals surface area contributed by atoms with Crippen LogP contribution in [0.25, 0.3) is 11.2 Å². The van der Waals surface area contributed by atoms with Crippen LogP contribution in [0.5, 0.6) is 0 Å². The monoisotopic (exact) mass is 197 g/mol. The minimum atomic E-state index is 0.431. The fourth-order valence-corrected chi connectivity index (χ4v) is 1.13. The Morgan fingerprint density at radius 1 is 1.38 bits per heavy atom. The molecule has 2 heterocycles. The van der Waals surface area contributed by atoms with Crippen LogP contribution in [0.4, 0.5) is 0 Å². The fourth-order valence-electron chi connectivity index (χ4n) is 0.993. The van der Waals surface area contributed by atoms with Gasteiger partial charge < -0.3 is 4.98 Å². The van der Waals surface area contributed by atoms with Gasteiger partial charge in [-0.3, -0.25) is 0 Å². The SMILES string of the molecule is CC.Cc1c[nH]c2ncc(Cl)nc12. The average Bonchev–Trinajstić information content (AvgIpc) is 2.52. The van der Waals surface area contributed by atoms with Crippen molar-refractivity contribution in [2.24, 2.45) is 0 Å². The van der Waals surface area contributed by atoms with E-state index in [1.165, 1.54) is 6.20 Å². The van der Waals surface area contributed by atoms with E-state index in [1.807, 2.05) is 27.0 Å². The number of aromatic amines is 1. The molecule has 0 aromatic carbocycles. The number of H-pyrrole nitrogens is 1. The maximum absolute atomic E-state index is 5.66. The first kappa shape index (κ1) is 9.99. The topological polar surface area (TPSA) is 41.6 Å². The molecule has 0 saturated carbocycles. The maximum Gasteiger partial charge on any atom is 0.156 e. The molecule has 0 spiro atoms. The highest BCUT2D eigenvalue weighted by Crippen LogP contribution is 2.14.